The van der Waals surface area contributed by atoms with E-state index < -0.39 is 0 Å². The van der Waals surface area contributed by atoms with Gasteiger partial charge in [0.25, 0.3) is 0 Å². The molecule has 1 aromatic heterocycles. The molecule has 5 nitrogen and oxygen atoms in total. The van der Waals surface area contributed by atoms with Gasteiger partial charge in [-0.2, -0.15) is 0 Å². The average molecular weight is 359 g/mol. The molecular weight excluding hydrogens is 341 g/mol. The van der Waals surface area contributed by atoms with Crippen LogP contribution in [0.2, 0.25) is 0 Å². The predicted molar refractivity (Wildman–Crippen MR) is 94.5 cm³/mol. The second-order valence-corrected chi connectivity index (χ2v) is 7.18. The molecule has 1 saturated heterocycles. The number of benzene rings is 1. The molecule has 1 aromatic carbocycles. The zero-order valence-corrected chi connectivity index (χ0v) is 14.5. The number of hydrogen-bond acceptors (Lipinski definition) is 4. The van der Waals surface area contributed by atoms with Crippen LogP contribution in [0.5, 0.6) is 0 Å². The van der Waals surface area contributed by atoms with Gasteiger partial charge in [-0.3, -0.25) is 14.5 Å². The maximum atomic E-state index is 14.2. The van der Waals surface area contributed by atoms with Crippen molar-refractivity contribution >= 4 is 34.0 Å². The first-order valence-electron chi connectivity index (χ1n) is 8.46. The number of anilines is 2. The van der Waals surface area contributed by atoms with Gasteiger partial charge in [-0.25, -0.2) is 9.37 Å². The third-order valence-corrected chi connectivity index (χ3v) is 5.56. The van der Waals surface area contributed by atoms with E-state index in [0.717, 1.165) is 24.8 Å². The van der Waals surface area contributed by atoms with Gasteiger partial charge in [0.2, 0.25) is 11.8 Å². The molecule has 2 aliphatic rings. The largest absolute Gasteiger partial charge is 0.309 e. The first-order chi connectivity index (χ1) is 12.1. The van der Waals surface area contributed by atoms with Crippen molar-refractivity contribution in [3.8, 4) is 0 Å². The van der Waals surface area contributed by atoms with Crippen LogP contribution in [0, 0.1) is 5.82 Å². The van der Waals surface area contributed by atoms with Gasteiger partial charge in [0.15, 0.2) is 5.13 Å². The standard InChI is InChI=1S/C18H18FN3O2S/c19-14-6-1-4-12-5-2-8-21(17(12)14)16(24)10-13-11-25-18(20-13)22-9-3-7-15(22)23/h1,4,6,11H,2-3,5,7-10H2. The first kappa shape index (κ1) is 16.2. The second kappa shape index (κ2) is 6.55. The summed E-state index contributed by atoms with van der Waals surface area (Å²) < 4.78 is 14.2. The number of para-hydroxylation sites is 1. The van der Waals surface area contributed by atoms with Crippen LogP contribution in [0.15, 0.2) is 23.6 Å². The van der Waals surface area contributed by atoms with Gasteiger partial charge >= 0.3 is 0 Å². The second-order valence-electron chi connectivity index (χ2n) is 6.34. The van der Waals surface area contributed by atoms with Crippen molar-refractivity contribution in [1.82, 2.24) is 4.98 Å². The first-order valence-corrected chi connectivity index (χ1v) is 9.34. The number of carbonyl (C=O) groups excluding carboxylic acids is 2. The molecule has 3 heterocycles. The van der Waals surface area contributed by atoms with Gasteiger partial charge in [0.05, 0.1) is 17.8 Å². The number of fused-ring (bicyclic) bond motifs is 1. The zero-order valence-electron chi connectivity index (χ0n) is 13.7. The number of aryl methyl sites for hydroxylation is 1. The van der Waals surface area contributed by atoms with Crippen LogP contribution in [0.3, 0.4) is 0 Å². The van der Waals surface area contributed by atoms with Crippen LogP contribution in [0.1, 0.15) is 30.5 Å². The molecule has 0 atom stereocenters. The number of carbonyl (C=O) groups is 2. The topological polar surface area (TPSA) is 53.5 Å². The van der Waals surface area contributed by atoms with E-state index in [4.69, 9.17) is 0 Å². The van der Waals surface area contributed by atoms with Crippen molar-refractivity contribution in [2.75, 3.05) is 22.9 Å². The van der Waals surface area contributed by atoms with Crippen LogP contribution in [-0.4, -0.2) is 29.9 Å². The fraction of sp³-hybridized carbons (Fsp3) is 0.389. The van der Waals surface area contributed by atoms with Crippen LogP contribution in [0.25, 0.3) is 0 Å². The number of hydrogen-bond donors (Lipinski definition) is 0. The summed E-state index contributed by atoms with van der Waals surface area (Å²) in [5.74, 6) is -0.429. The molecule has 2 amide bonds. The van der Waals surface area contributed by atoms with E-state index in [-0.39, 0.29) is 24.1 Å². The van der Waals surface area contributed by atoms with Gasteiger partial charge in [-0.05, 0) is 30.9 Å². The van der Waals surface area contributed by atoms with Crippen LogP contribution in [-0.2, 0) is 22.4 Å². The summed E-state index contributed by atoms with van der Waals surface area (Å²) >= 11 is 1.38. The highest BCUT2D eigenvalue weighted by Crippen LogP contribution is 2.31. The quantitative estimate of drug-likeness (QED) is 0.847. The van der Waals surface area contributed by atoms with Crippen molar-refractivity contribution in [1.29, 1.82) is 0 Å². The molecule has 0 aliphatic carbocycles. The molecule has 0 saturated carbocycles. The van der Waals surface area contributed by atoms with Crippen molar-refractivity contribution in [2.24, 2.45) is 0 Å². The summed E-state index contributed by atoms with van der Waals surface area (Å²) in [4.78, 5) is 32.2. The molecule has 0 unspecified atom stereocenters. The fourth-order valence-corrected chi connectivity index (χ4v) is 4.32. The maximum absolute atomic E-state index is 14.2. The number of thiazole rings is 1. The monoisotopic (exact) mass is 359 g/mol. The molecule has 0 N–H and O–H groups in total. The minimum absolute atomic E-state index is 0.0826. The highest BCUT2D eigenvalue weighted by Gasteiger charge is 2.27. The van der Waals surface area contributed by atoms with Crippen LogP contribution >= 0.6 is 11.3 Å². The summed E-state index contributed by atoms with van der Waals surface area (Å²) in [5.41, 5.74) is 1.92. The molecule has 0 radical (unpaired) electrons. The lowest BCUT2D eigenvalue weighted by Gasteiger charge is -2.29. The Hall–Kier alpha value is -2.28. The van der Waals surface area contributed by atoms with Gasteiger partial charge in [-0.15, -0.1) is 11.3 Å². The number of nitrogens with zero attached hydrogens (tertiary/aromatic N) is 3. The third-order valence-electron chi connectivity index (χ3n) is 4.65. The van der Waals surface area contributed by atoms with Crippen molar-refractivity contribution in [3.63, 3.8) is 0 Å². The van der Waals surface area contributed by atoms with Gasteiger partial charge < -0.3 is 4.90 Å². The minimum atomic E-state index is -0.354. The number of rotatable bonds is 3. The molecule has 130 valence electrons. The normalized spacial score (nSPS) is 17.1. The Bertz CT molecular complexity index is 835. The molecule has 2 aromatic rings. The molecule has 25 heavy (non-hydrogen) atoms. The molecule has 0 spiro atoms. The van der Waals surface area contributed by atoms with E-state index >= 15 is 0 Å². The number of amides is 2. The van der Waals surface area contributed by atoms with E-state index in [2.05, 4.69) is 4.98 Å². The highest BCUT2D eigenvalue weighted by atomic mass is 32.1. The smallest absolute Gasteiger partial charge is 0.233 e. The number of halogens is 1. The summed E-state index contributed by atoms with van der Waals surface area (Å²) in [6, 6.07) is 4.95. The SMILES string of the molecule is O=C1CCCN1c1nc(CC(=O)N2CCCc3cccc(F)c32)cs1. The zero-order chi connectivity index (χ0) is 17.4. The molecule has 4 rings (SSSR count). The van der Waals surface area contributed by atoms with E-state index in [9.17, 15) is 14.0 Å². The van der Waals surface area contributed by atoms with Crippen LogP contribution in [0.4, 0.5) is 15.2 Å². The van der Waals surface area contributed by atoms with Crippen molar-refractivity contribution in [3.05, 3.63) is 40.7 Å². The Morgan fingerprint density at radius 3 is 2.88 bits per heavy atom. The Morgan fingerprint density at radius 2 is 2.08 bits per heavy atom. The van der Waals surface area contributed by atoms with Gasteiger partial charge in [0, 0.05) is 24.9 Å². The minimum Gasteiger partial charge on any atom is -0.309 e. The lowest BCUT2D eigenvalue weighted by Crippen LogP contribution is -2.37. The highest BCUT2D eigenvalue weighted by molar-refractivity contribution is 7.14. The summed E-state index contributed by atoms with van der Waals surface area (Å²) in [7, 11) is 0. The van der Waals surface area contributed by atoms with Gasteiger partial charge in [0.1, 0.15) is 5.82 Å². The van der Waals surface area contributed by atoms with E-state index in [0.29, 0.717) is 36.0 Å². The van der Waals surface area contributed by atoms with E-state index in [1.165, 1.54) is 22.3 Å². The van der Waals surface area contributed by atoms with Crippen molar-refractivity contribution in [2.45, 2.75) is 32.1 Å². The average Bonchev–Trinajstić information content (AvgIpc) is 3.23. The number of aromatic nitrogens is 1. The molecule has 2 aliphatic heterocycles. The lowest BCUT2D eigenvalue weighted by molar-refractivity contribution is -0.118. The molecular formula is C18H18FN3O2S. The van der Waals surface area contributed by atoms with E-state index in [1.807, 2.05) is 11.4 Å². The Labute approximate surface area is 149 Å². The Morgan fingerprint density at radius 1 is 1.24 bits per heavy atom. The summed E-state index contributed by atoms with van der Waals surface area (Å²) in [5, 5.41) is 2.46. The molecule has 0 bridgehead atoms. The lowest BCUT2D eigenvalue weighted by atomic mass is 10.0. The van der Waals surface area contributed by atoms with Crippen LogP contribution < -0.4 is 9.80 Å². The van der Waals surface area contributed by atoms with E-state index in [1.54, 1.807) is 11.0 Å². The Kier molecular flexibility index (Phi) is 4.25. The van der Waals surface area contributed by atoms with Crippen molar-refractivity contribution < 1.29 is 14.0 Å². The Balaban J connectivity index is 1.52. The van der Waals surface area contributed by atoms with Gasteiger partial charge in [-0.1, -0.05) is 12.1 Å². The third kappa shape index (κ3) is 3.04. The molecule has 1 fully saturated rings. The summed E-state index contributed by atoms with van der Waals surface area (Å²) in [6.07, 6.45) is 3.13. The maximum Gasteiger partial charge on any atom is 0.233 e. The summed E-state index contributed by atoms with van der Waals surface area (Å²) in [6.45, 7) is 1.21. The predicted octanol–water partition coefficient (Wildman–Crippen LogP) is 2.93. The fourth-order valence-electron chi connectivity index (χ4n) is 3.46. The molecule has 7 heteroatoms.